The number of amides is 1. The molecule has 0 saturated heterocycles. The summed E-state index contributed by atoms with van der Waals surface area (Å²) in [5.41, 5.74) is 0.650. The maximum atomic E-state index is 11.8. The van der Waals surface area contributed by atoms with Gasteiger partial charge in [-0.3, -0.25) is 4.79 Å². The van der Waals surface area contributed by atoms with Crippen LogP contribution in [0.15, 0.2) is 6.20 Å². The van der Waals surface area contributed by atoms with Gasteiger partial charge in [0.05, 0.1) is 6.20 Å². The highest BCUT2D eigenvalue weighted by atomic mass is 16.1. The Morgan fingerprint density at radius 1 is 1.26 bits per heavy atom. The number of hydrogen-bond donors (Lipinski definition) is 1. The molecule has 0 atom stereocenters. The number of hydrogen-bond acceptors (Lipinski definition) is 5. The van der Waals surface area contributed by atoms with E-state index in [1.165, 1.54) is 0 Å². The zero-order valence-corrected chi connectivity index (χ0v) is 12.4. The molecule has 0 spiro atoms. The number of anilines is 3. The van der Waals surface area contributed by atoms with Gasteiger partial charge in [0.15, 0.2) is 5.82 Å². The molecule has 6 heteroatoms. The van der Waals surface area contributed by atoms with E-state index in [1.807, 2.05) is 38.0 Å². The van der Waals surface area contributed by atoms with Crippen molar-refractivity contribution in [2.45, 2.75) is 26.2 Å². The van der Waals surface area contributed by atoms with Gasteiger partial charge in [-0.1, -0.05) is 13.3 Å². The first kappa shape index (κ1) is 15.2. The van der Waals surface area contributed by atoms with Crippen molar-refractivity contribution in [3.63, 3.8) is 0 Å². The molecule has 106 valence electrons. The minimum Gasteiger partial charge on any atom is -0.361 e. The first-order valence-corrected chi connectivity index (χ1v) is 6.47. The molecule has 19 heavy (non-hydrogen) atoms. The Bertz CT molecular complexity index is 431. The number of aromatic nitrogens is 2. The van der Waals surface area contributed by atoms with Gasteiger partial charge in [0, 0.05) is 34.6 Å². The molecule has 1 rings (SSSR count). The van der Waals surface area contributed by atoms with Crippen LogP contribution in [0.2, 0.25) is 0 Å². The van der Waals surface area contributed by atoms with Gasteiger partial charge in [-0.15, -0.1) is 0 Å². The Kier molecular flexibility index (Phi) is 5.54. The van der Waals surface area contributed by atoms with Gasteiger partial charge >= 0.3 is 0 Å². The predicted octanol–water partition coefficient (Wildman–Crippen LogP) is 1.74. The van der Waals surface area contributed by atoms with Crippen molar-refractivity contribution in [2.75, 3.05) is 43.3 Å². The van der Waals surface area contributed by atoms with Gasteiger partial charge in [-0.25, -0.2) is 4.98 Å². The predicted molar refractivity (Wildman–Crippen MR) is 78.8 cm³/mol. The van der Waals surface area contributed by atoms with Gasteiger partial charge in [0.2, 0.25) is 11.9 Å². The van der Waals surface area contributed by atoms with Crippen molar-refractivity contribution in [2.24, 2.45) is 0 Å². The molecular weight excluding hydrogens is 242 g/mol. The summed E-state index contributed by atoms with van der Waals surface area (Å²) in [6.07, 6.45) is 4.07. The summed E-state index contributed by atoms with van der Waals surface area (Å²) < 4.78 is 0. The second kappa shape index (κ2) is 6.92. The van der Waals surface area contributed by atoms with Crippen LogP contribution < -0.4 is 15.1 Å². The van der Waals surface area contributed by atoms with E-state index in [9.17, 15) is 4.79 Å². The third-order valence-electron chi connectivity index (χ3n) is 2.61. The normalized spacial score (nSPS) is 10.2. The molecule has 1 N–H and O–H groups in total. The number of unbranched alkanes of at least 4 members (excludes halogenated alkanes) is 1. The molecule has 0 fully saturated rings. The van der Waals surface area contributed by atoms with Crippen LogP contribution in [0.25, 0.3) is 0 Å². The quantitative estimate of drug-likeness (QED) is 0.849. The first-order chi connectivity index (χ1) is 8.95. The molecule has 1 heterocycles. The summed E-state index contributed by atoms with van der Waals surface area (Å²) >= 11 is 0. The molecule has 6 nitrogen and oxygen atoms in total. The number of carbonyl (C=O) groups excluding carboxylic acids is 1. The minimum absolute atomic E-state index is 0.00570. The minimum atomic E-state index is 0.00570. The fraction of sp³-hybridized carbons (Fsp3) is 0.615. The monoisotopic (exact) mass is 265 g/mol. The average molecular weight is 265 g/mol. The largest absolute Gasteiger partial charge is 0.361 e. The van der Waals surface area contributed by atoms with Crippen LogP contribution >= 0.6 is 0 Å². The topological polar surface area (TPSA) is 61.4 Å². The van der Waals surface area contributed by atoms with E-state index in [0.717, 1.165) is 12.8 Å². The molecule has 1 aromatic rings. The third kappa shape index (κ3) is 4.39. The molecule has 0 aliphatic rings. The van der Waals surface area contributed by atoms with E-state index in [0.29, 0.717) is 23.9 Å². The number of nitrogens with zero attached hydrogens (tertiary/aromatic N) is 4. The molecule has 0 saturated carbocycles. The smallest absolute Gasteiger partial charge is 0.226 e. The highest BCUT2D eigenvalue weighted by Gasteiger charge is 2.12. The third-order valence-corrected chi connectivity index (χ3v) is 2.61. The van der Waals surface area contributed by atoms with Crippen LogP contribution in [-0.2, 0) is 4.79 Å². The van der Waals surface area contributed by atoms with E-state index in [2.05, 4.69) is 22.2 Å². The molecule has 1 amide bonds. The number of rotatable bonds is 6. The Hall–Kier alpha value is -1.85. The van der Waals surface area contributed by atoms with Gasteiger partial charge in [0.25, 0.3) is 0 Å². The fourth-order valence-corrected chi connectivity index (χ4v) is 1.56. The van der Waals surface area contributed by atoms with Crippen molar-refractivity contribution in [3.8, 4) is 0 Å². The summed E-state index contributed by atoms with van der Waals surface area (Å²) in [6, 6.07) is 0. The molecule has 0 aromatic carbocycles. The van der Waals surface area contributed by atoms with Crippen molar-refractivity contribution < 1.29 is 4.79 Å². The first-order valence-electron chi connectivity index (χ1n) is 6.47. The van der Waals surface area contributed by atoms with E-state index < -0.39 is 0 Å². The maximum Gasteiger partial charge on any atom is 0.226 e. The zero-order chi connectivity index (χ0) is 14.4. The molecule has 0 unspecified atom stereocenters. The Morgan fingerprint density at radius 2 is 1.95 bits per heavy atom. The lowest BCUT2D eigenvalue weighted by atomic mass is 10.2. The fourth-order valence-electron chi connectivity index (χ4n) is 1.56. The molecular formula is C13H23N5O. The SMILES string of the molecule is CCCCC(=O)Nc1cnc(N(C)C)nc1N(C)C. The zero-order valence-electron chi connectivity index (χ0n) is 12.4. The summed E-state index contributed by atoms with van der Waals surface area (Å²) in [6.45, 7) is 2.06. The van der Waals surface area contributed by atoms with E-state index in [-0.39, 0.29) is 5.91 Å². The second-order valence-corrected chi connectivity index (χ2v) is 4.85. The van der Waals surface area contributed by atoms with Crippen LogP contribution in [0.4, 0.5) is 17.5 Å². The van der Waals surface area contributed by atoms with Crippen molar-refractivity contribution >= 4 is 23.4 Å². The van der Waals surface area contributed by atoms with Gasteiger partial charge in [-0.2, -0.15) is 4.98 Å². The molecule has 0 aliphatic carbocycles. The van der Waals surface area contributed by atoms with Crippen molar-refractivity contribution in [1.82, 2.24) is 9.97 Å². The summed E-state index contributed by atoms with van der Waals surface area (Å²) in [5.74, 6) is 1.34. The molecule has 0 aliphatic heterocycles. The lowest BCUT2D eigenvalue weighted by Crippen LogP contribution is -2.20. The summed E-state index contributed by atoms with van der Waals surface area (Å²) in [5, 5.41) is 2.87. The van der Waals surface area contributed by atoms with Gasteiger partial charge < -0.3 is 15.1 Å². The Balaban J connectivity index is 2.91. The lowest BCUT2D eigenvalue weighted by Gasteiger charge is -2.19. The highest BCUT2D eigenvalue weighted by molar-refractivity contribution is 5.93. The lowest BCUT2D eigenvalue weighted by molar-refractivity contribution is -0.116. The van der Waals surface area contributed by atoms with Crippen LogP contribution in [0.5, 0.6) is 0 Å². The number of nitrogens with one attached hydrogen (secondary N) is 1. The summed E-state index contributed by atoms with van der Waals surface area (Å²) in [4.78, 5) is 24.1. The van der Waals surface area contributed by atoms with E-state index in [1.54, 1.807) is 6.20 Å². The number of carbonyl (C=O) groups is 1. The molecule has 0 radical (unpaired) electrons. The molecule has 1 aromatic heterocycles. The molecule has 0 bridgehead atoms. The van der Waals surface area contributed by atoms with Crippen molar-refractivity contribution in [3.05, 3.63) is 6.20 Å². The summed E-state index contributed by atoms with van der Waals surface area (Å²) in [7, 11) is 7.55. The average Bonchev–Trinajstić information content (AvgIpc) is 2.36. The van der Waals surface area contributed by atoms with Crippen LogP contribution in [0, 0.1) is 0 Å². The standard InChI is InChI=1S/C13H23N5O/c1-6-7-8-11(19)15-10-9-14-13(18(4)5)16-12(10)17(2)3/h9H,6-8H2,1-5H3,(H,15,19). The maximum absolute atomic E-state index is 11.8. The van der Waals surface area contributed by atoms with Crippen LogP contribution in [0.3, 0.4) is 0 Å². The highest BCUT2D eigenvalue weighted by Crippen LogP contribution is 2.23. The van der Waals surface area contributed by atoms with E-state index >= 15 is 0 Å². The van der Waals surface area contributed by atoms with Crippen molar-refractivity contribution in [1.29, 1.82) is 0 Å². The second-order valence-electron chi connectivity index (χ2n) is 4.85. The Labute approximate surface area is 114 Å². The Morgan fingerprint density at radius 3 is 2.47 bits per heavy atom. The van der Waals surface area contributed by atoms with Gasteiger partial charge in [-0.05, 0) is 6.42 Å². The van der Waals surface area contributed by atoms with Crippen LogP contribution in [0.1, 0.15) is 26.2 Å². The van der Waals surface area contributed by atoms with Crippen LogP contribution in [-0.4, -0.2) is 44.1 Å². The van der Waals surface area contributed by atoms with E-state index in [4.69, 9.17) is 0 Å². The van der Waals surface area contributed by atoms with Gasteiger partial charge in [0.1, 0.15) is 5.69 Å².